The van der Waals surface area contributed by atoms with E-state index in [1.165, 1.54) is 64.2 Å². The van der Waals surface area contributed by atoms with Gasteiger partial charge < -0.3 is 9.47 Å². The third-order valence-electron chi connectivity index (χ3n) is 9.05. The van der Waals surface area contributed by atoms with Gasteiger partial charge >= 0.3 is 6.18 Å². The lowest BCUT2D eigenvalue weighted by Gasteiger charge is -2.41. The van der Waals surface area contributed by atoms with Gasteiger partial charge in [0.2, 0.25) is 0 Å². The van der Waals surface area contributed by atoms with Gasteiger partial charge in [0.05, 0.1) is 24.9 Å². The number of unbranched alkanes of at least 4 members (excludes halogenated alkanes) is 2. The number of ether oxygens (including phenoxy) is 2. The molecule has 38 heavy (non-hydrogen) atoms. The number of hydrogen-bond acceptors (Lipinski definition) is 2. The van der Waals surface area contributed by atoms with Gasteiger partial charge in [-0.05, 0) is 74.3 Å². The van der Waals surface area contributed by atoms with Crippen molar-refractivity contribution >= 4 is 5.83 Å². The normalized spacial score (nSPS) is 31.4. The van der Waals surface area contributed by atoms with Gasteiger partial charge in [0.25, 0.3) is 0 Å². The molecule has 2 aliphatic carbocycles. The molecule has 0 bridgehead atoms. The lowest BCUT2D eigenvalue weighted by molar-refractivity contribution is -0.215. The summed E-state index contributed by atoms with van der Waals surface area (Å²) in [5.74, 6) is -1.62. The van der Waals surface area contributed by atoms with Gasteiger partial charge in [-0.15, -0.1) is 0 Å². The van der Waals surface area contributed by atoms with E-state index in [9.17, 15) is 26.3 Å². The molecule has 0 aromatic heterocycles. The molecular weight excluding hydrogens is 506 g/mol. The van der Waals surface area contributed by atoms with E-state index >= 15 is 0 Å². The van der Waals surface area contributed by atoms with E-state index in [1.54, 1.807) is 0 Å². The van der Waals surface area contributed by atoms with E-state index in [1.807, 2.05) is 0 Å². The van der Waals surface area contributed by atoms with E-state index in [-0.39, 0.29) is 11.5 Å². The minimum Gasteiger partial charge on any atom is -0.348 e. The van der Waals surface area contributed by atoms with Gasteiger partial charge in [-0.2, -0.15) is 13.2 Å². The van der Waals surface area contributed by atoms with Crippen LogP contribution in [0.15, 0.2) is 18.2 Å². The first-order valence-corrected chi connectivity index (χ1v) is 14.3. The van der Waals surface area contributed by atoms with Gasteiger partial charge in [-0.25, -0.2) is 13.2 Å². The second-order valence-corrected chi connectivity index (χ2v) is 11.6. The highest BCUT2D eigenvalue weighted by Crippen LogP contribution is 2.45. The fourth-order valence-corrected chi connectivity index (χ4v) is 6.87. The van der Waals surface area contributed by atoms with Crippen LogP contribution in [0.1, 0.15) is 101 Å². The summed E-state index contributed by atoms with van der Waals surface area (Å²) >= 11 is 0. The lowest BCUT2D eigenvalue weighted by Crippen LogP contribution is -2.35. The molecule has 0 spiro atoms. The Hall–Kier alpha value is -1.54. The molecule has 2 nitrogen and oxygen atoms in total. The van der Waals surface area contributed by atoms with Crippen LogP contribution in [-0.2, 0) is 9.47 Å². The molecule has 0 unspecified atom stereocenters. The molecule has 1 aromatic carbocycles. The zero-order chi connectivity index (χ0) is 27.3. The molecule has 2 saturated carbocycles. The van der Waals surface area contributed by atoms with Gasteiger partial charge in [-0.1, -0.05) is 45.4 Å². The Morgan fingerprint density at radius 1 is 0.816 bits per heavy atom. The Bertz CT molecular complexity index is 898. The molecule has 0 atom stereocenters. The Labute approximate surface area is 222 Å². The van der Waals surface area contributed by atoms with Crippen LogP contribution in [0.4, 0.5) is 26.3 Å². The number of alkyl halides is 3. The van der Waals surface area contributed by atoms with Crippen molar-refractivity contribution in [2.45, 2.75) is 96.4 Å². The predicted octanol–water partition coefficient (Wildman–Crippen LogP) is 9.69. The molecule has 1 heterocycles. The summed E-state index contributed by atoms with van der Waals surface area (Å²) in [6.07, 6.45) is 8.78. The van der Waals surface area contributed by atoms with Crippen LogP contribution >= 0.6 is 0 Å². The Morgan fingerprint density at radius 2 is 1.32 bits per heavy atom. The molecule has 1 aromatic rings. The Balaban J connectivity index is 1.23. The van der Waals surface area contributed by atoms with Crippen molar-refractivity contribution in [1.82, 2.24) is 0 Å². The second kappa shape index (κ2) is 13.2. The van der Waals surface area contributed by atoms with Crippen molar-refractivity contribution in [3.63, 3.8) is 0 Å². The van der Waals surface area contributed by atoms with Crippen LogP contribution < -0.4 is 0 Å². The fourth-order valence-electron chi connectivity index (χ4n) is 6.87. The minimum absolute atomic E-state index is 0.0176. The summed E-state index contributed by atoms with van der Waals surface area (Å²) in [4.78, 5) is 0. The molecule has 214 valence electrons. The SMILES string of the molecule is CCCCCC1CCC(C2CCC(C3COC(c4cc(F)c(/C(F)=C/C(F)(F)F)c(F)c4)OC3)CC2)CC1. The third-order valence-corrected chi connectivity index (χ3v) is 9.05. The summed E-state index contributed by atoms with van der Waals surface area (Å²) in [7, 11) is 0. The van der Waals surface area contributed by atoms with Gasteiger partial charge in [0.1, 0.15) is 17.5 Å². The maximum Gasteiger partial charge on any atom is 0.412 e. The van der Waals surface area contributed by atoms with Crippen molar-refractivity contribution in [2.75, 3.05) is 13.2 Å². The van der Waals surface area contributed by atoms with Crippen LogP contribution in [0, 0.1) is 41.2 Å². The summed E-state index contributed by atoms with van der Waals surface area (Å²) in [5.41, 5.74) is -1.36. The lowest BCUT2D eigenvalue weighted by atomic mass is 9.67. The highest BCUT2D eigenvalue weighted by Gasteiger charge is 2.36. The van der Waals surface area contributed by atoms with Crippen molar-refractivity contribution in [1.29, 1.82) is 0 Å². The molecule has 0 N–H and O–H groups in total. The fraction of sp³-hybridized carbons (Fsp3) is 0.733. The highest BCUT2D eigenvalue weighted by molar-refractivity contribution is 5.61. The second-order valence-electron chi connectivity index (χ2n) is 11.6. The summed E-state index contributed by atoms with van der Waals surface area (Å²) in [6, 6.07) is 1.55. The monoisotopic (exact) mass is 546 g/mol. The van der Waals surface area contributed by atoms with Crippen LogP contribution in [-0.4, -0.2) is 19.4 Å². The highest BCUT2D eigenvalue weighted by atomic mass is 19.4. The van der Waals surface area contributed by atoms with Crippen molar-refractivity contribution < 1.29 is 35.8 Å². The molecule has 1 saturated heterocycles. The molecule has 1 aliphatic heterocycles. The molecule has 3 aliphatic rings. The largest absolute Gasteiger partial charge is 0.412 e. The zero-order valence-electron chi connectivity index (χ0n) is 22.2. The standard InChI is InChI=1S/C30H40F6O2/c1-2-3-4-5-19-6-8-20(9-7-19)21-10-12-22(13-11-21)24-17-37-29(38-18-24)23-14-25(31)28(26(32)15-23)27(33)16-30(34,35)36/h14-16,19-22,24,29H,2-13,17-18H2,1H3/b27-16-. The van der Waals surface area contributed by atoms with E-state index in [4.69, 9.17) is 9.47 Å². The quantitative estimate of drug-likeness (QED) is 0.239. The van der Waals surface area contributed by atoms with Gasteiger partial charge in [-0.3, -0.25) is 0 Å². The molecule has 3 fully saturated rings. The Kier molecular flexibility index (Phi) is 10.2. The van der Waals surface area contributed by atoms with E-state index in [0.29, 0.717) is 19.1 Å². The molecule has 0 amide bonds. The van der Waals surface area contributed by atoms with Crippen LogP contribution in [0.25, 0.3) is 5.83 Å². The van der Waals surface area contributed by atoms with Crippen molar-refractivity contribution in [3.8, 4) is 0 Å². The van der Waals surface area contributed by atoms with Crippen LogP contribution in [0.3, 0.4) is 0 Å². The van der Waals surface area contributed by atoms with Crippen molar-refractivity contribution in [3.05, 3.63) is 41.0 Å². The molecular formula is C30H40F6O2. The van der Waals surface area contributed by atoms with Crippen LogP contribution in [0.2, 0.25) is 0 Å². The number of hydrogen-bond donors (Lipinski definition) is 0. The number of allylic oxidation sites excluding steroid dienone is 1. The average Bonchev–Trinajstić information content (AvgIpc) is 2.88. The topological polar surface area (TPSA) is 18.5 Å². The van der Waals surface area contributed by atoms with Gasteiger partial charge in [0.15, 0.2) is 6.29 Å². The summed E-state index contributed by atoms with van der Waals surface area (Å²) in [6.45, 7) is 3.03. The van der Waals surface area contributed by atoms with E-state index in [0.717, 1.165) is 42.7 Å². The van der Waals surface area contributed by atoms with E-state index < -0.39 is 41.6 Å². The van der Waals surface area contributed by atoms with Crippen molar-refractivity contribution in [2.24, 2.45) is 29.6 Å². The maximum absolute atomic E-state index is 14.3. The molecule has 0 radical (unpaired) electrons. The third kappa shape index (κ3) is 7.77. The zero-order valence-corrected chi connectivity index (χ0v) is 22.2. The van der Waals surface area contributed by atoms with Crippen LogP contribution in [0.5, 0.6) is 0 Å². The van der Waals surface area contributed by atoms with E-state index in [2.05, 4.69) is 6.92 Å². The number of rotatable bonds is 8. The first kappa shape index (κ1) is 29.4. The maximum atomic E-state index is 14.3. The molecule has 4 rings (SSSR count). The number of benzene rings is 1. The minimum atomic E-state index is -5.03. The summed E-state index contributed by atoms with van der Waals surface area (Å²) in [5, 5.41) is 0. The number of halogens is 6. The predicted molar refractivity (Wildman–Crippen MR) is 135 cm³/mol. The average molecular weight is 547 g/mol. The summed E-state index contributed by atoms with van der Waals surface area (Å²) < 4.78 is 91.2. The van der Waals surface area contributed by atoms with Gasteiger partial charge in [0, 0.05) is 11.5 Å². The smallest absolute Gasteiger partial charge is 0.348 e. The first-order chi connectivity index (χ1) is 18.1. The Morgan fingerprint density at radius 3 is 1.82 bits per heavy atom. The molecule has 8 heteroatoms. The first-order valence-electron chi connectivity index (χ1n) is 14.3.